The van der Waals surface area contributed by atoms with E-state index in [2.05, 4.69) is 76.9 Å². The van der Waals surface area contributed by atoms with Crippen LogP contribution in [0.3, 0.4) is 0 Å². The Bertz CT molecular complexity index is 1400. The fourth-order valence-electron chi connectivity index (χ4n) is 5.14. The van der Waals surface area contributed by atoms with Crippen molar-refractivity contribution in [2.24, 2.45) is 0 Å². The molecular weight excluding hydrogens is 488 g/mol. The summed E-state index contributed by atoms with van der Waals surface area (Å²) in [6.07, 6.45) is 2.82. The molecule has 1 saturated heterocycles. The first-order valence-corrected chi connectivity index (χ1v) is 12.8. The van der Waals surface area contributed by atoms with Crippen molar-refractivity contribution in [3.05, 3.63) is 106 Å². The normalized spacial score (nSPS) is 17.4. The van der Waals surface area contributed by atoms with Crippen LogP contribution >= 0.6 is 23.8 Å². The minimum Gasteiger partial charge on any atom is -0.495 e. The van der Waals surface area contributed by atoms with Gasteiger partial charge in [0, 0.05) is 28.3 Å². The van der Waals surface area contributed by atoms with E-state index in [1.807, 2.05) is 36.5 Å². The van der Waals surface area contributed by atoms with Gasteiger partial charge in [0.25, 0.3) is 0 Å². The SMILES string of the molecule is CCc1ccc(N2C(=S)N[C@H](c3ccccn3)[C@H]2c2cc(C)n(-c3cc(Cl)ccc3OC)c2C)cc1. The highest BCUT2D eigenvalue weighted by Gasteiger charge is 2.42. The van der Waals surface area contributed by atoms with Crippen LogP contribution in [0, 0.1) is 13.8 Å². The highest BCUT2D eigenvalue weighted by atomic mass is 35.5. The molecule has 1 aliphatic rings. The second-order valence-corrected chi connectivity index (χ2v) is 9.82. The average Bonchev–Trinajstić information content (AvgIpc) is 3.39. The van der Waals surface area contributed by atoms with E-state index in [9.17, 15) is 0 Å². The lowest BCUT2D eigenvalue weighted by Gasteiger charge is -2.28. The smallest absolute Gasteiger partial charge is 0.174 e. The van der Waals surface area contributed by atoms with Crippen molar-refractivity contribution in [3.8, 4) is 11.4 Å². The van der Waals surface area contributed by atoms with Crippen LogP contribution in [0.1, 0.15) is 47.2 Å². The van der Waals surface area contributed by atoms with Crippen LogP contribution in [-0.4, -0.2) is 21.8 Å². The lowest BCUT2D eigenvalue weighted by molar-refractivity contribution is 0.412. The molecule has 2 aromatic carbocycles. The maximum absolute atomic E-state index is 6.40. The zero-order valence-corrected chi connectivity index (χ0v) is 22.4. The summed E-state index contributed by atoms with van der Waals surface area (Å²) in [5, 5.41) is 4.91. The summed E-state index contributed by atoms with van der Waals surface area (Å²) in [6, 6.07) is 22.4. The topological polar surface area (TPSA) is 42.3 Å². The van der Waals surface area contributed by atoms with Crippen LogP contribution in [0.15, 0.2) is 72.9 Å². The molecule has 3 heterocycles. The zero-order valence-electron chi connectivity index (χ0n) is 20.8. The van der Waals surface area contributed by atoms with E-state index in [0.29, 0.717) is 10.1 Å². The molecule has 36 heavy (non-hydrogen) atoms. The van der Waals surface area contributed by atoms with Crippen LogP contribution in [0.2, 0.25) is 5.02 Å². The lowest BCUT2D eigenvalue weighted by atomic mass is 9.96. The Balaban J connectivity index is 1.69. The van der Waals surface area contributed by atoms with Crippen molar-refractivity contribution >= 4 is 34.6 Å². The molecular formula is C29H29ClN4OS. The van der Waals surface area contributed by atoms with Gasteiger partial charge in [-0.25, -0.2) is 0 Å². The summed E-state index contributed by atoms with van der Waals surface area (Å²) in [6.45, 7) is 6.40. The number of hydrogen-bond donors (Lipinski definition) is 1. The number of benzene rings is 2. The first-order valence-electron chi connectivity index (χ1n) is 12.0. The molecule has 0 spiro atoms. The third-order valence-corrected chi connectivity index (χ3v) is 7.44. The van der Waals surface area contributed by atoms with E-state index >= 15 is 0 Å². The van der Waals surface area contributed by atoms with Gasteiger partial charge in [-0.1, -0.05) is 36.7 Å². The molecule has 0 saturated carbocycles. The number of rotatable bonds is 6. The Labute approximate surface area is 222 Å². The van der Waals surface area contributed by atoms with Gasteiger partial charge in [-0.15, -0.1) is 0 Å². The van der Waals surface area contributed by atoms with Crippen molar-refractivity contribution in [3.63, 3.8) is 0 Å². The highest BCUT2D eigenvalue weighted by Crippen LogP contribution is 2.44. The minimum absolute atomic E-state index is 0.0926. The second kappa shape index (κ2) is 9.96. The van der Waals surface area contributed by atoms with Gasteiger partial charge < -0.3 is 19.5 Å². The molecule has 1 aliphatic heterocycles. The summed E-state index contributed by atoms with van der Waals surface area (Å²) in [7, 11) is 1.68. The van der Waals surface area contributed by atoms with Crippen LogP contribution in [0.4, 0.5) is 5.69 Å². The number of ether oxygens (including phenoxy) is 1. The Morgan fingerprint density at radius 2 is 1.83 bits per heavy atom. The number of pyridine rings is 1. The number of anilines is 1. The number of aryl methyl sites for hydroxylation is 2. The summed E-state index contributed by atoms with van der Waals surface area (Å²) in [5.74, 6) is 0.765. The third kappa shape index (κ3) is 4.25. The molecule has 0 unspecified atom stereocenters. The molecule has 5 rings (SSSR count). The maximum Gasteiger partial charge on any atom is 0.174 e. The van der Waals surface area contributed by atoms with Crippen molar-refractivity contribution < 1.29 is 4.74 Å². The molecule has 2 aromatic heterocycles. The molecule has 5 nitrogen and oxygen atoms in total. The molecule has 0 bridgehead atoms. The third-order valence-electron chi connectivity index (χ3n) is 6.89. The molecule has 0 radical (unpaired) electrons. The number of methoxy groups -OCH3 is 1. The summed E-state index contributed by atoms with van der Waals surface area (Å²) < 4.78 is 7.89. The Hall–Kier alpha value is -3.35. The molecule has 4 aromatic rings. The van der Waals surface area contributed by atoms with Gasteiger partial charge >= 0.3 is 0 Å². The molecule has 1 fully saturated rings. The Kier molecular flexibility index (Phi) is 6.73. The van der Waals surface area contributed by atoms with E-state index in [1.165, 1.54) is 5.56 Å². The van der Waals surface area contributed by atoms with E-state index in [-0.39, 0.29) is 12.1 Å². The van der Waals surface area contributed by atoms with Crippen molar-refractivity contribution in [2.45, 2.75) is 39.3 Å². The van der Waals surface area contributed by atoms with Crippen molar-refractivity contribution in [1.29, 1.82) is 0 Å². The minimum atomic E-state index is -0.111. The van der Waals surface area contributed by atoms with Gasteiger partial charge in [-0.05, 0) is 92.1 Å². The molecule has 0 aliphatic carbocycles. The Morgan fingerprint density at radius 3 is 2.50 bits per heavy atom. The van der Waals surface area contributed by atoms with Gasteiger partial charge in [-0.3, -0.25) is 4.98 Å². The maximum atomic E-state index is 6.40. The molecule has 7 heteroatoms. The molecule has 184 valence electrons. The quantitative estimate of drug-likeness (QED) is 0.283. The zero-order chi connectivity index (χ0) is 25.4. The van der Waals surface area contributed by atoms with Crippen LogP contribution < -0.4 is 15.0 Å². The van der Waals surface area contributed by atoms with Gasteiger partial charge in [0.1, 0.15) is 5.75 Å². The van der Waals surface area contributed by atoms with Gasteiger partial charge in [0.2, 0.25) is 0 Å². The summed E-state index contributed by atoms with van der Waals surface area (Å²) in [4.78, 5) is 6.91. The number of nitrogens with zero attached hydrogens (tertiary/aromatic N) is 3. The second-order valence-electron chi connectivity index (χ2n) is 8.99. The molecule has 0 amide bonds. The van der Waals surface area contributed by atoms with Crippen LogP contribution in [0.25, 0.3) is 5.69 Å². The predicted octanol–water partition coefficient (Wildman–Crippen LogP) is 6.89. The van der Waals surface area contributed by atoms with E-state index in [4.69, 9.17) is 28.6 Å². The van der Waals surface area contributed by atoms with Crippen molar-refractivity contribution in [1.82, 2.24) is 14.9 Å². The number of thiocarbonyl (C=S) groups is 1. The number of aromatic nitrogens is 2. The Morgan fingerprint density at radius 1 is 1.06 bits per heavy atom. The summed E-state index contributed by atoms with van der Waals surface area (Å²) in [5.41, 5.74) is 7.55. The predicted molar refractivity (Wildman–Crippen MR) is 151 cm³/mol. The fourth-order valence-corrected chi connectivity index (χ4v) is 5.65. The van der Waals surface area contributed by atoms with E-state index in [1.54, 1.807) is 7.11 Å². The number of halogens is 1. The molecule has 2 atom stereocenters. The monoisotopic (exact) mass is 516 g/mol. The first kappa shape index (κ1) is 24.3. The average molecular weight is 517 g/mol. The summed E-state index contributed by atoms with van der Waals surface area (Å²) >= 11 is 12.3. The number of hydrogen-bond acceptors (Lipinski definition) is 3. The fraction of sp³-hybridized carbons (Fsp3) is 0.241. The lowest BCUT2D eigenvalue weighted by Crippen LogP contribution is -2.29. The first-order chi connectivity index (χ1) is 17.4. The van der Waals surface area contributed by atoms with E-state index in [0.717, 1.165) is 46.2 Å². The molecule has 1 N–H and O–H groups in total. The number of nitrogens with one attached hydrogen (secondary N) is 1. The van der Waals surface area contributed by atoms with E-state index < -0.39 is 0 Å². The van der Waals surface area contributed by atoms with Gasteiger partial charge in [0.05, 0.1) is 30.6 Å². The van der Waals surface area contributed by atoms with Gasteiger partial charge in [-0.2, -0.15) is 0 Å². The van der Waals surface area contributed by atoms with Crippen LogP contribution in [-0.2, 0) is 6.42 Å². The van der Waals surface area contributed by atoms with Gasteiger partial charge in [0.15, 0.2) is 5.11 Å². The largest absolute Gasteiger partial charge is 0.495 e. The van der Waals surface area contributed by atoms with Crippen molar-refractivity contribution in [2.75, 3.05) is 12.0 Å². The van der Waals surface area contributed by atoms with Crippen LogP contribution in [0.5, 0.6) is 5.75 Å². The highest BCUT2D eigenvalue weighted by molar-refractivity contribution is 7.80. The standard InChI is InChI=1S/C29H29ClN4OS/c1-5-20-9-12-22(13-10-20)34-28(27(32-29(34)36)24-8-6-7-15-31-24)23-16-18(2)33(19(23)3)25-17-21(30)11-14-26(25)35-4/h6-17,27-28H,5H2,1-4H3,(H,32,36)/t27-,28-/m1/s1.